The summed E-state index contributed by atoms with van der Waals surface area (Å²) in [5.74, 6) is -0.117. The Labute approximate surface area is 159 Å². The van der Waals surface area contributed by atoms with E-state index >= 15 is 0 Å². The standard InChI is InChI=1S/C21H25FN4O/c1-21(2,3)13-26-18(12-19(23)27)16-9-4-5-10-17(16)25-20(26)24-15-8-6-7-14(22)11-15/h4-11,18H,12-13H2,1-3H3,(H2,23,27)(H,24,25). The molecule has 5 nitrogen and oxygen atoms in total. The van der Waals surface area contributed by atoms with Crippen molar-refractivity contribution in [2.75, 3.05) is 11.9 Å². The Morgan fingerprint density at radius 1 is 1.22 bits per heavy atom. The van der Waals surface area contributed by atoms with Crippen molar-refractivity contribution in [3.8, 4) is 0 Å². The molecule has 0 bridgehead atoms. The van der Waals surface area contributed by atoms with Crippen LogP contribution in [0.15, 0.2) is 53.5 Å². The van der Waals surface area contributed by atoms with Gasteiger partial charge in [0.05, 0.1) is 18.2 Å². The highest BCUT2D eigenvalue weighted by molar-refractivity contribution is 5.97. The molecule has 1 aliphatic rings. The number of carbonyl (C=O) groups excluding carboxylic acids is 1. The molecule has 1 amide bonds. The van der Waals surface area contributed by atoms with E-state index in [1.807, 2.05) is 24.3 Å². The third kappa shape index (κ3) is 4.64. The molecule has 0 saturated heterocycles. The highest BCUT2D eigenvalue weighted by Gasteiger charge is 2.33. The van der Waals surface area contributed by atoms with Crippen molar-refractivity contribution in [3.63, 3.8) is 0 Å². The number of fused-ring (bicyclic) bond motifs is 1. The number of anilines is 1. The van der Waals surface area contributed by atoms with Crippen LogP contribution in [0, 0.1) is 11.2 Å². The van der Waals surface area contributed by atoms with E-state index in [1.165, 1.54) is 12.1 Å². The van der Waals surface area contributed by atoms with Crippen molar-refractivity contribution in [2.24, 2.45) is 16.1 Å². The van der Waals surface area contributed by atoms with Gasteiger partial charge in [-0.1, -0.05) is 45.0 Å². The highest BCUT2D eigenvalue weighted by Crippen LogP contribution is 2.38. The molecule has 1 unspecified atom stereocenters. The number of amides is 1. The Kier molecular flexibility index (Phi) is 5.17. The number of benzene rings is 2. The predicted molar refractivity (Wildman–Crippen MR) is 106 cm³/mol. The Morgan fingerprint density at radius 3 is 2.63 bits per heavy atom. The first kappa shape index (κ1) is 18.9. The number of aliphatic imine (C=N–C) groups is 1. The molecule has 0 saturated carbocycles. The van der Waals surface area contributed by atoms with Gasteiger partial charge in [0.1, 0.15) is 5.82 Å². The van der Waals surface area contributed by atoms with Crippen LogP contribution in [0.2, 0.25) is 0 Å². The van der Waals surface area contributed by atoms with Crippen LogP contribution in [-0.2, 0) is 4.79 Å². The van der Waals surface area contributed by atoms with Crippen LogP contribution in [0.3, 0.4) is 0 Å². The Hall–Kier alpha value is -2.89. The van der Waals surface area contributed by atoms with E-state index in [-0.39, 0.29) is 29.6 Å². The van der Waals surface area contributed by atoms with Crippen molar-refractivity contribution in [3.05, 3.63) is 59.9 Å². The first-order chi connectivity index (χ1) is 12.7. The minimum Gasteiger partial charge on any atom is -0.370 e. The second-order valence-electron chi connectivity index (χ2n) is 8.00. The molecule has 3 rings (SSSR count). The van der Waals surface area contributed by atoms with Crippen LogP contribution in [0.5, 0.6) is 0 Å². The molecule has 0 fully saturated rings. The van der Waals surface area contributed by atoms with E-state index in [0.717, 1.165) is 11.3 Å². The molecular formula is C21H25FN4O. The van der Waals surface area contributed by atoms with Gasteiger partial charge in [0.2, 0.25) is 11.9 Å². The number of nitrogens with two attached hydrogens (primary N) is 1. The number of rotatable bonds is 4. The van der Waals surface area contributed by atoms with E-state index in [4.69, 9.17) is 10.7 Å². The molecule has 142 valence electrons. The van der Waals surface area contributed by atoms with Gasteiger partial charge in [-0.25, -0.2) is 9.38 Å². The summed E-state index contributed by atoms with van der Waals surface area (Å²) in [6.07, 6.45) is 0.178. The van der Waals surface area contributed by atoms with Crippen molar-refractivity contribution in [1.82, 2.24) is 4.90 Å². The first-order valence-electron chi connectivity index (χ1n) is 8.98. The lowest BCUT2D eigenvalue weighted by molar-refractivity contribution is -0.119. The normalized spacial score (nSPS) is 16.5. The third-order valence-corrected chi connectivity index (χ3v) is 4.29. The van der Waals surface area contributed by atoms with Crippen molar-refractivity contribution >= 4 is 23.2 Å². The number of carbonyl (C=O) groups is 1. The Bertz CT molecular complexity index is 872. The van der Waals surface area contributed by atoms with Gasteiger partial charge in [-0.2, -0.15) is 0 Å². The molecule has 1 heterocycles. The molecule has 2 aromatic carbocycles. The molecule has 2 aromatic rings. The monoisotopic (exact) mass is 368 g/mol. The number of primary amides is 1. The third-order valence-electron chi connectivity index (χ3n) is 4.29. The molecule has 0 aromatic heterocycles. The SMILES string of the molecule is CC(C)(C)CN1C(Nc2cccc(F)c2)=Nc2ccccc2C1CC(N)=O. The topological polar surface area (TPSA) is 70.7 Å². The number of hydrogen-bond donors (Lipinski definition) is 2. The van der Waals surface area contributed by atoms with Crippen LogP contribution in [0.4, 0.5) is 15.8 Å². The Balaban J connectivity index is 2.06. The summed E-state index contributed by atoms with van der Waals surface area (Å²) in [4.78, 5) is 18.6. The van der Waals surface area contributed by atoms with Gasteiger partial charge in [-0.15, -0.1) is 0 Å². The Morgan fingerprint density at radius 2 is 1.96 bits per heavy atom. The molecule has 6 heteroatoms. The summed E-state index contributed by atoms with van der Waals surface area (Å²) in [7, 11) is 0. The molecule has 0 spiro atoms. The maximum Gasteiger partial charge on any atom is 0.219 e. The number of halogens is 1. The largest absolute Gasteiger partial charge is 0.370 e. The van der Waals surface area contributed by atoms with E-state index in [1.54, 1.807) is 12.1 Å². The molecule has 1 aliphatic heterocycles. The van der Waals surface area contributed by atoms with Crippen LogP contribution in [0.1, 0.15) is 38.8 Å². The lowest BCUT2D eigenvalue weighted by atomic mass is 9.92. The van der Waals surface area contributed by atoms with Gasteiger partial charge in [0.15, 0.2) is 0 Å². The van der Waals surface area contributed by atoms with Crippen molar-refractivity contribution < 1.29 is 9.18 Å². The van der Waals surface area contributed by atoms with Gasteiger partial charge < -0.3 is 16.0 Å². The highest BCUT2D eigenvalue weighted by atomic mass is 19.1. The molecule has 1 atom stereocenters. The van der Waals surface area contributed by atoms with E-state index in [9.17, 15) is 9.18 Å². The van der Waals surface area contributed by atoms with Crippen LogP contribution in [-0.4, -0.2) is 23.3 Å². The van der Waals surface area contributed by atoms with Crippen LogP contribution in [0.25, 0.3) is 0 Å². The zero-order valence-electron chi connectivity index (χ0n) is 15.9. The summed E-state index contributed by atoms with van der Waals surface area (Å²) >= 11 is 0. The summed E-state index contributed by atoms with van der Waals surface area (Å²) in [6, 6.07) is 13.7. The number of guanidine groups is 1. The van der Waals surface area contributed by atoms with Crippen molar-refractivity contribution in [1.29, 1.82) is 0 Å². The quantitative estimate of drug-likeness (QED) is 0.849. The fourth-order valence-corrected chi connectivity index (χ4v) is 3.27. The minimum absolute atomic E-state index is 0.0490. The van der Waals surface area contributed by atoms with E-state index in [2.05, 4.69) is 31.0 Å². The van der Waals surface area contributed by atoms with Crippen LogP contribution < -0.4 is 11.1 Å². The van der Waals surface area contributed by atoms with Gasteiger partial charge in [-0.3, -0.25) is 4.79 Å². The predicted octanol–water partition coefficient (Wildman–Crippen LogP) is 4.20. The summed E-state index contributed by atoms with van der Waals surface area (Å²) in [6.45, 7) is 7.01. The minimum atomic E-state index is -0.374. The fourth-order valence-electron chi connectivity index (χ4n) is 3.27. The zero-order valence-corrected chi connectivity index (χ0v) is 15.9. The number of hydrogen-bond acceptors (Lipinski definition) is 4. The molecule has 0 aliphatic carbocycles. The van der Waals surface area contributed by atoms with Gasteiger partial charge in [-0.05, 0) is 29.7 Å². The average Bonchev–Trinajstić information content (AvgIpc) is 2.56. The maximum atomic E-state index is 13.6. The summed E-state index contributed by atoms with van der Waals surface area (Å²) in [5, 5.41) is 3.22. The molecular weight excluding hydrogens is 343 g/mol. The molecule has 3 N–H and O–H groups in total. The van der Waals surface area contributed by atoms with Gasteiger partial charge in [0, 0.05) is 17.8 Å². The maximum absolute atomic E-state index is 13.6. The summed E-state index contributed by atoms with van der Waals surface area (Å²) < 4.78 is 13.6. The molecule has 0 radical (unpaired) electrons. The lowest BCUT2D eigenvalue weighted by Gasteiger charge is -2.41. The van der Waals surface area contributed by atoms with Crippen molar-refractivity contribution in [2.45, 2.75) is 33.2 Å². The lowest BCUT2D eigenvalue weighted by Crippen LogP contribution is -2.46. The van der Waals surface area contributed by atoms with E-state index < -0.39 is 0 Å². The van der Waals surface area contributed by atoms with E-state index in [0.29, 0.717) is 18.2 Å². The van der Waals surface area contributed by atoms with Gasteiger partial charge in [0.25, 0.3) is 0 Å². The zero-order chi connectivity index (χ0) is 19.6. The molecule has 27 heavy (non-hydrogen) atoms. The van der Waals surface area contributed by atoms with Gasteiger partial charge >= 0.3 is 0 Å². The summed E-state index contributed by atoms with van der Waals surface area (Å²) in [5.41, 5.74) is 7.85. The first-order valence-corrected chi connectivity index (χ1v) is 8.98. The fraction of sp³-hybridized carbons (Fsp3) is 0.333. The number of nitrogens with one attached hydrogen (secondary N) is 1. The number of para-hydroxylation sites is 1. The second-order valence-corrected chi connectivity index (χ2v) is 8.00. The number of nitrogens with zero attached hydrogens (tertiary/aromatic N) is 2. The van der Waals surface area contributed by atoms with Crippen LogP contribution >= 0.6 is 0 Å². The average molecular weight is 368 g/mol. The smallest absolute Gasteiger partial charge is 0.219 e. The second kappa shape index (κ2) is 7.39.